The van der Waals surface area contributed by atoms with Crippen molar-refractivity contribution < 1.29 is 5.21 Å². The third-order valence-electron chi connectivity index (χ3n) is 2.70. The lowest BCUT2D eigenvalue weighted by atomic mass is 10.1. The molecule has 0 radical (unpaired) electrons. The second-order valence-corrected chi connectivity index (χ2v) is 3.76. The van der Waals surface area contributed by atoms with Gasteiger partial charge in [0.1, 0.15) is 5.71 Å². The molecule has 17 heavy (non-hydrogen) atoms. The Bertz CT molecular complexity index is 441. The highest BCUT2D eigenvalue weighted by Crippen LogP contribution is 2.13. The molecule has 1 aliphatic heterocycles. The molecule has 0 spiro atoms. The SMILES string of the molecule is CCC1=NN=C(c2ccccc2)C(NC)N1O. The van der Waals surface area contributed by atoms with Crippen LogP contribution in [-0.2, 0) is 0 Å². The second kappa shape index (κ2) is 5.07. The number of likely N-dealkylation sites (N-methyl/N-ethyl adjacent to an activating group) is 1. The zero-order valence-electron chi connectivity index (χ0n) is 9.96. The Hall–Kier alpha value is -1.72. The van der Waals surface area contributed by atoms with Gasteiger partial charge in [-0.25, -0.2) is 5.06 Å². The van der Waals surface area contributed by atoms with Crippen LogP contribution >= 0.6 is 0 Å². The number of nitrogens with zero attached hydrogens (tertiary/aromatic N) is 3. The first-order chi connectivity index (χ1) is 8.27. The van der Waals surface area contributed by atoms with Crippen LogP contribution < -0.4 is 5.32 Å². The standard InChI is InChI=1S/C12H16N4O/c1-3-10-14-15-11(12(13-2)16(10)17)9-7-5-4-6-8-9/h4-8,12-13,17H,3H2,1-2H3. The fourth-order valence-corrected chi connectivity index (χ4v) is 1.79. The molecule has 5 heteroatoms. The van der Waals surface area contributed by atoms with Gasteiger partial charge in [0.15, 0.2) is 12.0 Å². The van der Waals surface area contributed by atoms with Crippen molar-refractivity contribution in [3.05, 3.63) is 35.9 Å². The quantitative estimate of drug-likeness (QED) is 0.829. The number of rotatable bonds is 3. The summed E-state index contributed by atoms with van der Waals surface area (Å²) in [5.41, 5.74) is 1.66. The predicted octanol–water partition coefficient (Wildman–Crippen LogP) is 1.45. The van der Waals surface area contributed by atoms with Crippen molar-refractivity contribution in [3.8, 4) is 0 Å². The molecule has 1 aromatic rings. The molecule has 0 saturated heterocycles. The van der Waals surface area contributed by atoms with Gasteiger partial charge in [-0.2, -0.15) is 0 Å². The molecule has 5 nitrogen and oxygen atoms in total. The summed E-state index contributed by atoms with van der Waals surface area (Å²) >= 11 is 0. The molecule has 0 bridgehead atoms. The van der Waals surface area contributed by atoms with Gasteiger partial charge in [0.25, 0.3) is 0 Å². The Morgan fingerprint density at radius 2 is 2.00 bits per heavy atom. The van der Waals surface area contributed by atoms with E-state index in [-0.39, 0.29) is 6.17 Å². The minimum Gasteiger partial charge on any atom is -0.293 e. The monoisotopic (exact) mass is 232 g/mol. The van der Waals surface area contributed by atoms with Crippen LogP contribution in [0.2, 0.25) is 0 Å². The fraction of sp³-hybridized carbons (Fsp3) is 0.333. The number of hydrogen-bond acceptors (Lipinski definition) is 5. The Labute approximate surface area is 100 Å². The molecule has 1 heterocycles. The van der Waals surface area contributed by atoms with Crippen molar-refractivity contribution >= 4 is 11.5 Å². The highest BCUT2D eigenvalue weighted by Gasteiger charge is 2.27. The van der Waals surface area contributed by atoms with E-state index >= 15 is 0 Å². The van der Waals surface area contributed by atoms with Gasteiger partial charge in [-0.05, 0) is 7.05 Å². The van der Waals surface area contributed by atoms with E-state index in [1.54, 1.807) is 7.05 Å². The maximum absolute atomic E-state index is 10.0. The van der Waals surface area contributed by atoms with Crippen molar-refractivity contribution in [2.24, 2.45) is 10.2 Å². The molecule has 2 rings (SSSR count). The molecular weight excluding hydrogens is 216 g/mol. The lowest BCUT2D eigenvalue weighted by Gasteiger charge is -2.30. The van der Waals surface area contributed by atoms with E-state index in [2.05, 4.69) is 15.5 Å². The first-order valence-corrected chi connectivity index (χ1v) is 5.63. The van der Waals surface area contributed by atoms with Crippen molar-refractivity contribution in [2.45, 2.75) is 19.5 Å². The summed E-state index contributed by atoms with van der Waals surface area (Å²) in [5.74, 6) is 0.559. The molecule has 1 aliphatic rings. The number of hydroxylamine groups is 2. The summed E-state index contributed by atoms with van der Waals surface area (Å²) in [5, 5.41) is 22.4. The first kappa shape index (κ1) is 11.8. The van der Waals surface area contributed by atoms with Gasteiger partial charge in [0, 0.05) is 12.0 Å². The van der Waals surface area contributed by atoms with Crippen molar-refractivity contribution in [2.75, 3.05) is 7.05 Å². The summed E-state index contributed by atoms with van der Waals surface area (Å²) < 4.78 is 0. The van der Waals surface area contributed by atoms with E-state index in [0.29, 0.717) is 18.0 Å². The third kappa shape index (κ3) is 2.20. The minimum absolute atomic E-state index is 0.357. The molecule has 0 saturated carbocycles. The summed E-state index contributed by atoms with van der Waals surface area (Å²) in [4.78, 5) is 0. The average molecular weight is 232 g/mol. The van der Waals surface area contributed by atoms with Crippen LogP contribution in [0.5, 0.6) is 0 Å². The number of hydrogen-bond donors (Lipinski definition) is 2. The van der Waals surface area contributed by atoms with Gasteiger partial charge < -0.3 is 0 Å². The summed E-state index contributed by atoms with van der Waals surface area (Å²) in [6.45, 7) is 1.93. The molecule has 1 aromatic carbocycles. The van der Waals surface area contributed by atoms with Crippen molar-refractivity contribution in [1.82, 2.24) is 10.4 Å². The van der Waals surface area contributed by atoms with E-state index in [0.717, 1.165) is 10.6 Å². The zero-order valence-corrected chi connectivity index (χ0v) is 9.96. The van der Waals surface area contributed by atoms with Gasteiger partial charge in [-0.15, -0.1) is 10.2 Å². The van der Waals surface area contributed by atoms with Crippen LogP contribution in [0.4, 0.5) is 0 Å². The number of benzene rings is 1. The van der Waals surface area contributed by atoms with Crippen LogP contribution in [0.1, 0.15) is 18.9 Å². The molecule has 1 atom stereocenters. The molecule has 0 fully saturated rings. The second-order valence-electron chi connectivity index (χ2n) is 3.76. The Morgan fingerprint density at radius 3 is 2.59 bits per heavy atom. The Balaban J connectivity index is 2.39. The van der Waals surface area contributed by atoms with Crippen molar-refractivity contribution in [3.63, 3.8) is 0 Å². The topological polar surface area (TPSA) is 60.2 Å². The molecule has 0 aromatic heterocycles. The molecule has 0 aliphatic carbocycles. The van der Waals surface area contributed by atoms with Gasteiger partial charge in [0.2, 0.25) is 0 Å². The van der Waals surface area contributed by atoms with Crippen LogP contribution in [0.25, 0.3) is 0 Å². The molecular formula is C12H16N4O. The summed E-state index contributed by atoms with van der Waals surface area (Å²) in [6, 6.07) is 9.71. The highest BCUT2D eigenvalue weighted by molar-refractivity contribution is 6.07. The average Bonchev–Trinajstić information content (AvgIpc) is 2.39. The van der Waals surface area contributed by atoms with Crippen LogP contribution in [-0.4, -0.2) is 35.0 Å². The zero-order chi connectivity index (χ0) is 12.3. The highest BCUT2D eigenvalue weighted by atomic mass is 16.5. The number of nitrogens with one attached hydrogen (secondary N) is 1. The van der Waals surface area contributed by atoms with E-state index in [1.165, 1.54) is 0 Å². The fourth-order valence-electron chi connectivity index (χ4n) is 1.79. The largest absolute Gasteiger partial charge is 0.293 e. The molecule has 1 unspecified atom stereocenters. The Kier molecular flexibility index (Phi) is 3.51. The maximum atomic E-state index is 10.0. The molecule has 0 amide bonds. The lowest BCUT2D eigenvalue weighted by Crippen LogP contribution is -2.52. The minimum atomic E-state index is -0.357. The molecule has 2 N–H and O–H groups in total. The van der Waals surface area contributed by atoms with Crippen LogP contribution in [0, 0.1) is 0 Å². The van der Waals surface area contributed by atoms with E-state index in [9.17, 15) is 5.21 Å². The smallest absolute Gasteiger partial charge is 0.153 e. The number of amidine groups is 1. The summed E-state index contributed by atoms with van der Waals surface area (Å²) in [6.07, 6.45) is 0.283. The summed E-state index contributed by atoms with van der Waals surface area (Å²) in [7, 11) is 1.78. The van der Waals surface area contributed by atoms with Gasteiger partial charge in [-0.1, -0.05) is 37.3 Å². The lowest BCUT2D eigenvalue weighted by molar-refractivity contribution is -0.0437. The van der Waals surface area contributed by atoms with E-state index < -0.39 is 0 Å². The Morgan fingerprint density at radius 1 is 1.29 bits per heavy atom. The predicted molar refractivity (Wildman–Crippen MR) is 67.2 cm³/mol. The first-order valence-electron chi connectivity index (χ1n) is 5.63. The van der Waals surface area contributed by atoms with Gasteiger partial charge in [0.05, 0.1) is 0 Å². The molecule has 90 valence electrons. The third-order valence-corrected chi connectivity index (χ3v) is 2.70. The van der Waals surface area contributed by atoms with Gasteiger partial charge >= 0.3 is 0 Å². The normalized spacial score (nSPS) is 19.9. The maximum Gasteiger partial charge on any atom is 0.153 e. The van der Waals surface area contributed by atoms with Crippen LogP contribution in [0.3, 0.4) is 0 Å². The van der Waals surface area contributed by atoms with Gasteiger partial charge in [-0.3, -0.25) is 10.5 Å². The van der Waals surface area contributed by atoms with Crippen molar-refractivity contribution in [1.29, 1.82) is 0 Å². The van der Waals surface area contributed by atoms with E-state index in [1.807, 2.05) is 37.3 Å². The van der Waals surface area contributed by atoms with Crippen LogP contribution in [0.15, 0.2) is 40.5 Å². The van der Waals surface area contributed by atoms with E-state index in [4.69, 9.17) is 0 Å².